The third-order valence-corrected chi connectivity index (χ3v) is 3.45. The Labute approximate surface area is 98.8 Å². The molecule has 0 aliphatic heterocycles. The fraction of sp³-hybridized carbons (Fsp3) is 0.400. The Morgan fingerprint density at radius 1 is 1.29 bits per heavy atom. The van der Waals surface area contributed by atoms with E-state index in [1.54, 1.807) is 12.1 Å². The van der Waals surface area contributed by atoms with E-state index in [4.69, 9.17) is 0 Å². The Kier molecular flexibility index (Phi) is 2.48. The Morgan fingerprint density at radius 3 is 2.47 bits per heavy atom. The van der Waals surface area contributed by atoms with E-state index in [-0.39, 0.29) is 10.4 Å². The first-order chi connectivity index (χ1) is 7.71. The van der Waals surface area contributed by atoms with E-state index >= 15 is 0 Å². The summed E-state index contributed by atoms with van der Waals surface area (Å²) in [6.07, 6.45) is 0. The van der Waals surface area contributed by atoms with Crippen LogP contribution in [0.25, 0.3) is 11.0 Å². The Morgan fingerprint density at radius 2 is 1.94 bits per heavy atom. The highest BCUT2D eigenvalue weighted by atomic mass is 32.2. The highest BCUT2D eigenvalue weighted by Crippen LogP contribution is 2.32. The molecule has 1 heterocycles. The second-order valence-electron chi connectivity index (χ2n) is 4.88. The summed E-state index contributed by atoms with van der Waals surface area (Å²) in [5.74, 6) is 0. The summed E-state index contributed by atoms with van der Waals surface area (Å²) in [5, 5.41) is 9.84. The van der Waals surface area contributed by atoms with Crippen LogP contribution in [-0.2, 0) is 15.5 Å². The number of nitrogens with one attached hydrogen (secondary N) is 1. The summed E-state index contributed by atoms with van der Waals surface area (Å²) in [5.41, 5.74) is 0.741. The Balaban J connectivity index is 2.95. The summed E-state index contributed by atoms with van der Waals surface area (Å²) >= 11 is 0. The maximum atomic E-state index is 11.5. The number of H-pyrrole nitrogens is 1. The lowest BCUT2D eigenvalue weighted by molar-refractivity contribution is 0.477. The van der Waals surface area contributed by atoms with E-state index in [1.807, 2.05) is 20.8 Å². The zero-order valence-electron chi connectivity index (χ0n) is 9.72. The van der Waals surface area contributed by atoms with Crippen LogP contribution >= 0.6 is 0 Å². The standard InChI is InChI=1S/C10H13N3O3S/c1-10(2,3)6-4-5-7-8(12-13-11-7)9(6)17(14,15)16/h4-5H,1-3H3,(H,11,12,13)(H,14,15,16). The van der Waals surface area contributed by atoms with Crippen molar-refractivity contribution in [1.82, 2.24) is 15.4 Å². The third-order valence-electron chi connectivity index (χ3n) is 2.52. The van der Waals surface area contributed by atoms with Gasteiger partial charge in [0, 0.05) is 0 Å². The van der Waals surface area contributed by atoms with Crippen molar-refractivity contribution in [2.24, 2.45) is 0 Å². The van der Waals surface area contributed by atoms with Gasteiger partial charge < -0.3 is 0 Å². The molecule has 2 rings (SSSR count). The van der Waals surface area contributed by atoms with Gasteiger partial charge in [-0.15, -0.1) is 5.10 Å². The molecule has 0 radical (unpaired) electrons. The summed E-state index contributed by atoms with van der Waals surface area (Å²) in [6, 6.07) is 3.36. The van der Waals surface area contributed by atoms with E-state index in [0.29, 0.717) is 11.1 Å². The Hall–Kier alpha value is -1.47. The lowest BCUT2D eigenvalue weighted by atomic mass is 9.87. The quantitative estimate of drug-likeness (QED) is 0.753. The molecule has 0 spiro atoms. The average molecular weight is 255 g/mol. The van der Waals surface area contributed by atoms with Crippen molar-refractivity contribution < 1.29 is 13.0 Å². The smallest absolute Gasteiger partial charge is 0.282 e. The van der Waals surface area contributed by atoms with Crippen LogP contribution in [0, 0.1) is 0 Å². The van der Waals surface area contributed by atoms with Crippen LogP contribution < -0.4 is 0 Å². The molecule has 0 unspecified atom stereocenters. The molecule has 0 aliphatic carbocycles. The van der Waals surface area contributed by atoms with Gasteiger partial charge in [-0.2, -0.15) is 8.42 Å². The van der Waals surface area contributed by atoms with E-state index in [9.17, 15) is 13.0 Å². The number of aromatic nitrogens is 3. The van der Waals surface area contributed by atoms with Crippen molar-refractivity contribution >= 4 is 21.2 Å². The lowest BCUT2D eigenvalue weighted by Gasteiger charge is -2.21. The van der Waals surface area contributed by atoms with Gasteiger partial charge >= 0.3 is 0 Å². The topological polar surface area (TPSA) is 95.9 Å². The van der Waals surface area contributed by atoms with Gasteiger partial charge in [0.25, 0.3) is 10.1 Å². The molecule has 1 aromatic heterocycles. The van der Waals surface area contributed by atoms with Crippen LogP contribution in [0.1, 0.15) is 26.3 Å². The average Bonchev–Trinajstić information content (AvgIpc) is 2.59. The molecule has 0 saturated carbocycles. The minimum Gasteiger partial charge on any atom is -0.282 e. The third kappa shape index (κ3) is 2.03. The molecule has 17 heavy (non-hydrogen) atoms. The molecule has 6 nitrogen and oxygen atoms in total. The molecule has 1 aromatic carbocycles. The summed E-state index contributed by atoms with van der Waals surface area (Å²) in [6.45, 7) is 5.59. The van der Waals surface area contributed by atoms with Crippen LogP contribution in [0.5, 0.6) is 0 Å². The monoisotopic (exact) mass is 255 g/mol. The van der Waals surface area contributed by atoms with E-state index in [2.05, 4.69) is 15.4 Å². The lowest BCUT2D eigenvalue weighted by Crippen LogP contribution is -2.17. The van der Waals surface area contributed by atoms with E-state index in [1.165, 1.54) is 0 Å². The first-order valence-corrected chi connectivity index (χ1v) is 6.47. The zero-order valence-corrected chi connectivity index (χ0v) is 10.5. The molecule has 0 atom stereocenters. The molecular formula is C10H13N3O3S. The highest BCUT2D eigenvalue weighted by Gasteiger charge is 2.28. The predicted octanol–water partition coefficient (Wildman–Crippen LogP) is 1.50. The number of fused-ring (bicyclic) bond motifs is 1. The number of nitrogens with zero attached hydrogens (tertiary/aromatic N) is 2. The second kappa shape index (κ2) is 3.51. The van der Waals surface area contributed by atoms with Gasteiger partial charge in [0.1, 0.15) is 10.4 Å². The molecule has 7 heteroatoms. The zero-order chi connectivity index (χ0) is 12.8. The molecule has 0 saturated heterocycles. The van der Waals surface area contributed by atoms with E-state index < -0.39 is 15.5 Å². The predicted molar refractivity (Wildman–Crippen MR) is 62.4 cm³/mol. The molecule has 0 fully saturated rings. The number of benzene rings is 1. The normalized spacial score (nSPS) is 13.2. The minimum atomic E-state index is -4.34. The van der Waals surface area contributed by atoms with Gasteiger partial charge in [-0.05, 0) is 17.0 Å². The SMILES string of the molecule is CC(C)(C)c1ccc2[nH]nnc2c1S(=O)(=O)O. The van der Waals surface area contributed by atoms with Gasteiger partial charge in [0.2, 0.25) is 0 Å². The van der Waals surface area contributed by atoms with Crippen molar-refractivity contribution in [2.75, 3.05) is 0 Å². The molecule has 0 aliphatic rings. The van der Waals surface area contributed by atoms with Crippen LogP contribution in [-0.4, -0.2) is 28.4 Å². The largest absolute Gasteiger partial charge is 0.297 e. The van der Waals surface area contributed by atoms with Gasteiger partial charge in [-0.3, -0.25) is 9.65 Å². The number of hydrogen-bond acceptors (Lipinski definition) is 4. The highest BCUT2D eigenvalue weighted by molar-refractivity contribution is 7.86. The Bertz CT molecular complexity index is 668. The summed E-state index contributed by atoms with van der Waals surface area (Å²) < 4.78 is 32.3. The second-order valence-corrected chi connectivity index (χ2v) is 6.23. The van der Waals surface area contributed by atoms with Crippen LogP contribution in [0.3, 0.4) is 0 Å². The first kappa shape index (κ1) is 12.0. The molecule has 92 valence electrons. The number of hydrogen-bond donors (Lipinski definition) is 2. The fourth-order valence-electron chi connectivity index (χ4n) is 1.74. The van der Waals surface area contributed by atoms with Crippen LogP contribution in [0.2, 0.25) is 0 Å². The van der Waals surface area contributed by atoms with Crippen LogP contribution in [0.15, 0.2) is 17.0 Å². The van der Waals surface area contributed by atoms with Crippen molar-refractivity contribution in [3.05, 3.63) is 17.7 Å². The van der Waals surface area contributed by atoms with Crippen molar-refractivity contribution in [2.45, 2.75) is 31.1 Å². The first-order valence-electron chi connectivity index (χ1n) is 5.03. The minimum absolute atomic E-state index is 0.167. The van der Waals surface area contributed by atoms with Crippen molar-refractivity contribution in [3.63, 3.8) is 0 Å². The van der Waals surface area contributed by atoms with E-state index in [0.717, 1.165) is 0 Å². The summed E-state index contributed by atoms with van der Waals surface area (Å²) in [7, 11) is -4.34. The molecule has 2 aromatic rings. The van der Waals surface area contributed by atoms with Crippen LogP contribution in [0.4, 0.5) is 0 Å². The van der Waals surface area contributed by atoms with Gasteiger partial charge in [0.15, 0.2) is 0 Å². The molecule has 2 N–H and O–H groups in total. The van der Waals surface area contributed by atoms with Gasteiger partial charge in [-0.1, -0.05) is 32.1 Å². The maximum Gasteiger partial charge on any atom is 0.297 e. The molecular weight excluding hydrogens is 242 g/mol. The summed E-state index contributed by atoms with van der Waals surface area (Å²) in [4.78, 5) is -0.170. The molecule has 0 bridgehead atoms. The van der Waals surface area contributed by atoms with Gasteiger partial charge in [-0.25, -0.2) is 0 Å². The maximum absolute atomic E-state index is 11.5. The molecule has 0 amide bonds. The van der Waals surface area contributed by atoms with Crippen molar-refractivity contribution in [3.8, 4) is 0 Å². The number of aromatic amines is 1. The number of rotatable bonds is 1. The van der Waals surface area contributed by atoms with Crippen molar-refractivity contribution in [1.29, 1.82) is 0 Å². The fourth-order valence-corrected chi connectivity index (χ4v) is 2.79. The van der Waals surface area contributed by atoms with Gasteiger partial charge in [0.05, 0.1) is 5.52 Å².